The van der Waals surface area contributed by atoms with E-state index < -0.39 is 0 Å². The number of nitrogens with two attached hydrogens (primary N) is 2. The zero-order valence-corrected chi connectivity index (χ0v) is 5.96. The summed E-state index contributed by atoms with van der Waals surface area (Å²) >= 11 is 0. The molecule has 0 bridgehead atoms. The molecule has 1 heterocycles. The minimum atomic E-state index is 0.616. The van der Waals surface area contributed by atoms with Crippen LogP contribution in [0.1, 0.15) is 12.6 Å². The van der Waals surface area contributed by atoms with Gasteiger partial charge in [-0.25, -0.2) is 0 Å². The van der Waals surface area contributed by atoms with Crippen LogP contribution in [0, 0.1) is 0 Å². The number of nitrogens with zero attached hydrogens (tertiary/aromatic N) is 1. The molecule has 0 spiro atoms. The lowest BCUT2D eigenvalue weighted by Gasteiger charge is -2.02. The summed E-state index contributed by atoms with van der Waals surface area (Å²) in [5.74, 6) is 0. The van der Waals surface area contributed by atoms with E-state index in [4.69, 9.17) is 11.5 Å². The average Bonchev–Trinajstić information content (AvgIpc) is 1.95. The van der Waals surface area contributed by atoms with E-state index in [0.29, 0.717) is 11.4 Å². The lowest BCUT2D eigenvalue weighted by atomic mass is 10.2. The average molecular weight is 137 g/mol. The Morgan fingerprint density at radius 1 is 1.50 bits per heavy atom. The van der Waals surface area contributed by atoms with Crippen LogP contribution >= 0.6 is 0 Å². The first-order chi connectivity index (χ1) is 4.75. The maximum absolute atomic E-state index is 5.61. The molecule has 1 aromatic rings. The quantitative estimate of drug-likeness (QED) is 0.602. The van der Waals surface area contributed by atoms with Crippen LogP contribution in [0.4, 0.5) is 11.4 Å². The van der Waals surface area contributed by atoms with Crippen molar-refractivity contribution in [1.29, 1.82) is 0 Å². The number of aromatic nitrogens is 1. The Morgan fingerprint density at radius 3 is 2.70 bits per heavy atom. The predicted molar refractivity (Wildman–Crippen MR) is 42.4 cm³/mol. The summed E-state index contributed by atoms with van der Waals surface area (Å²) < 4.78 is 0. The second kappa shape index (κ2) is 2.56. The molecule has 0 aromatic carbocycles. The lowest BCUT2D eigenvalue weighted by molar-refractivity contribution is 1.04. The number of hydrogen-bond acceptors (Lipinski definition) is 3. The van der Waals surface area contributed by atoms with E-state index in [9.17, 15) is 0 Å². The van der Waals surface area contributed by atoms with Crippen LogP contribution in [0.2, 0.25) is 0 Å². The molecule has 4 N–H and O–H groups in total. The van der Waals surface area contributed by atoms with Crippen molar-refractivity contribution in [2.75, 3.05) is 11.5 Å². The van der Waals surface area contributed by atoms with Gasteiger partial charge in [-0.15, -0.1) is 0 Å². The molecule has 0 radical (unpaired) electrons. The molecule has 54 valence electrons. The Hall–Kier alpha value is -1.25. The Bertz CT molecular complexity index is 232. The van der Waals surface area contributed by atoms with E-state index in [0.717, 1.165) is 12.1 Å². The summed E-state index contributed by atoms with van der Waals surface area (Å²) in [5.41, 5.74) is 13.2. The van der Waals surface area contributed by atoms with E-state index >= 15 is 0 Å². The highest BCUT2D eigenvalue weighted by molar-refractivity contribution is 5.64. The Labute approximate surface area is 60.1 Å². The van der Waals surface area contributed by atoms with Gasteiger partial charge in [0.15, 0.2) is 0 Å². The second-order valence-corrected chi connectivity index (χ2v) is 2.11. The molecule has 1 aromatic heterocycles. The highest BCUT2D eigenvalue weighted by Gasteiger charge is 1.99. The highest BCUT2D eigenvalue weighted by atomic mass is 14.8. The fourth-order valence-electron chi connectivity index (χ4n) is 0.815. The van der Waals surface area contributed by atoms with Crippen LogP contribution in [0.15, 0.2) is 12.3 Å². The van der Waals surface area contributed by atoms with Crippen LogP contribution in [0.3, 0.4) is 0 Å². The third kappa shape index (κ3) is 1.03. The maximum atomic E-state index is 5.61. The molecular formula is C7H11N3. The number of hydrogen-bond donors (Lipinski definition) is 2. The molecule has 0 amide bonds. The van der Waals surface area contributed by atoms with Crippen LogP contribution in [0.25, 0.3) is 0 Å². The first-order valence-corrected chi connectivity index (χ1v) is 3.24. The lowest BCUT2D eigenvalue weighted by Crippen LogP contribution is -2.00. The zero-order valence-electron chi connectivity index (χ0n) is 5.96. The Kier molecular flexibility index (Phi) is 1.76. The molecule has 0 atom stereocenters. The fourth-order valence-corrected chi connectivity index (χ4v) is 0.815. The summed E-state index contributed by atoms with van der Waals surface area (Å²) in [6, 6.07) is 1.70. The zero-order chi connectivity index (χ0) is 7.56. The van der Waals surface area contributed by atoms with Gasteiger partial charge >= 0.3 is 0 Å². The van der Waals surface area contributed by atoms with Crippen molar-refractivity contribution in [3.05, 3.63) is 18.0 Å². The van der Waals surface area contributed by atoms with Crippen molar-refractivity contribution >= 4 is 11.4 Å². The Morgan fingerprint density at radius 2 is 2.20 bits per heavy atom. The van der Waals surface area contributed by atoms with Crippen molar-refractivity contribution < 1.29 is 0 Å². The highest BCUT2D eigenvalue weighted by Crippen LogP contribution is 2.16. The van der Waals surface area contributed by atoms with Gasteiger partial charge in [-0.1, -0.05) is 6.92 Å². The Balaban J connectivity index is 3.14. The molecule has 1 rings (SSSR count). The number of aryl methyl sites for hydroxylation is 1. The van der Waals surface area contributed by atoms with E-state index in [2.05, 4.69) is 4.98 Å². The molecular weight excluding hydrogens is 126 g/mol. The van der Waals surface area contributed by atoms with E-state index in [1.165, 1.54) is 0 Å². The largest absolute Gasteiger partial charge is 0.397 e. The van der Waals surface area contributed by atoms with Crippen LogP contribution in [0.5, 0.6) is 0 Å². The molecule has 0 fully saturated rings. The monoisotopic (exact) mass is 137 g/mol. The minimum Gasteiger partial charge on any atom is -0.397 e. The van der Waals surface area contributed by atoms with Gasteiger partial charge in [0.1, 0.15) is 0 Å². The molecule has 0 aliphatic heterocycles. The number of nitrogen functional groups attached to an aromatic ring is 2. The van der Waals surface area contributed by atoms with Gasteiger partial charge < -0.3 is 11.5 Å². The van der Waals surface area contributed by atoms with Gasteiger partial charge in [-0.3, -0.25) is 4.98 Å². The van der Waals surface area contributed by atoms with Gasteiger partial charge in [0.25, 0.3) is 0 Å². The molecule has 0 aliphatic rings. The molecule has 0 aliphatic carbocycles. The van der Waals surface area contributed by atoms with Gasteiger partial charge in [0.2, 0.25) is 0 Å². The number of rotatable bonds is 1. The topological polar surface area (TPSA) is 64.9 Å². The third-order valence-corrected chi connectivity index (χ3v) is 1.44. The standard InChI is InChI=1S/C7H11N3/c1-2-6-7(9)5(8)3-4-10-6/h3-4H,2,9H2,1H3,(H2,8,10). The number of anilines is 2. The third-order valence-electron chi connectivity index (χ3n) is 1.44. The summed E-state index contributed by atoms with van der Waals surface area (Å²) in [5, 5.41) is 0. The first-order valence-electron chi connectivity index (χ1n) is 3.24. The molecule has 0 unspecified atom stereocenters. The van der Waals surface area contributed by atoms with Crippen LogP contribution in [-0.4, -0.2) is 4.98 Å². The predicted octanol–water partition coefficient (Wildman–Crippen LogP) is 0.808. The van der Waals surface area contributed by atoms with Crippen molar-refractivity contribution in [3.8, 4) is 0 Å². The SMILES string of the molecule is CCc1nccc(N)c1N. The van der Waals surface area contributed by atoms with Crippen molar-refractivity contribution in [3.63, 3.8) is 0 Å². The summed E-state index contributed by atoms with van der Waals surface area (Å²) in [4.78, 5) is 4.05. The van der Waals surface area contributed by atoms with Crippen molar-refractivity contribution in [1.82, 2.24) is 4.98 Å². The fraction of sp³-hybridized carbons (Fsp3) is 0.286. The molecule has 3 heteroatoms. The van der Waals surface area contributed by atoms with Crippen molar-refractivity contribution in [2.45, 2.75) is 13.3 Å². The second-order valence-electron chi connectivity index (χ2n) is 2.11. The van der Waals surface area contributed by atoms with Gasteiger partial charge in [-0.2, -0.15) is 0 Å². The number of pyridine rings is 1. The molecule has 0 saturated carbocycles. The molecule has 0 saturated heterocycles. The van der Waals surface area contributed by atoms with Crippen molar-refractivity contribution in [2.24, 2.45) is 0 Å². The van der Waals surface area contributed by atoms with Gasteiger partial charge in [-0.05, 0) is 12.5 Å². The van der Waals surface area contributed by atoms with Crippen LogP contribution in [-0.2, 0) is 6.42 Å². The summed E-state index contributed by atoms with van der Waals surface area (Å²) in [7, 11) is 0. The van der Waals surface area contributed by atoms with E-state index in [1.54, 1.807) is 12.3 Å². The van der Waals surface area contributed by atoms with Crippen LogP contribution < -0.4 is 11.5 Å². The van der Waals surface area contributed by atoms with E-state index in [1.807, 2.05) is 6.92 Å². The van der Waals surface area contributed by atoms with Gasteiger partial charge in [0.05, 0.1) is 17.1 Å². The normalized spacial score (nSPS) is 9.70. The minimum absolute atomic E-state index is 0.616. The smallest absolute Gasteiger partial charge is 0.0766 e. The molecule has 3 nitrogen and oxygen atoms in total. The van der Waals surface area contributed by atoms with Gasteiger partial charge in [0, 0.05) is 6.20 Å². The maximum Gasteiger partial charge on any atom is 0.0766 e. The summed E-state index contributed by atoms with van der Waals surface area (Å²) in [6.07, 6.45) is 2.50. The summed E-state index contributed by atoms with van der Waals surface area (Å²) in [6.45, 7) is 2.00. The first kappa shape index (κ1) is 6.86. The molecule has 10 heavy (non-hydrogen) atoms. The van der Waals surface area contributed by atoms with E-state index in [-0.39, 0.29) is 0 Å².